The fourth-order valence-corrected chi connectivity index (χ4v) is 3.32. The number of carbonyl (C=O) groups excluding carboxylic acids is 1. The van der Waals surface area contributed by atoms with Crippen LogP contribution >= 0.6 is 11.3 Å². The molecule has 1 aromatic heterocycles. The van der Waals surface area contributed by atoms with Gasteiger partial charge in [-0.25, -0.2) is 0 Å². The number of carbonyl (C=O) groups is 1. The normalized spacial score (nSPS) is 17.9. The third-order valence-electron chi connectivity index (χ3n) is 3.71. The minimum absolute atomic E-state index is 0.201. The van der Waals surface area contributed by atoms with Crippen LogP contribution in [0.1, 0.15) is 24.8 Å². The third kappa shape index (κ3) is 1.79. The first-order chi connectivity index (χ1) is 8.19. The molecule has 0 aliphatic heterocycles. The Kier molecular flexibility index (Phi) is 2.53. The topological polar surface area (TPSA) is 43.1 Å². The lowest BCUT2D eigenvalue weighted by Crippen LogP contribution is -2.54. The lowest BCUT2D eigenvalue weighted by Gasteiger charge is -2.36. The molecule has 3 rings (SSSR count). The van der Waals surface area contributed by atoms with Gasteiger partial charge < -0.3 is 5.73 Å². The van der Waals surface area contributed by atoms with Crippen molar-refractivity contribution in [2.75, 3.05) is 0 Å². The van der Waals surface area contributed by atoms with Gasteiger partial charge in [0.2, 0.25) is 0 Å². The molecule has 1 saturated carbocycles. The molecule has 3 heteroatoms. The Hall–Kier alpha value is -1.19. The zero-order chi connectivity index (χ0) is 11.9. The summed E-state index contributed by atoms with van der Waals surface area (Å²) in [6.45, 7) is 0. The fraction of sp³-hybridized carbons (Fsp3) is 0.357. The predicted molar refractivity (Wildman–Crippen MR) is 71.3 cm³/mol. The molecule has 1 aliphatic carbocycles. The molecule has 2 nitrogen and oxygen atoms in total. The molecule has 17 heavy (non-hydrogen) atoms. The lowest BCUT2D eigenvalue weighted by molar-refractivity contribution is -0.126. The number of fused-ring (bicyclic) bond motifs is 1. The van der Waals surface area contributed by atoms with Gasteiger partial charge in [-0.05, 0) is 41.7 Å². The quantitative estimate of drug-likeness (QED) is 0.903. The Balaban J connectivity index is 1.88. The highest BCUT2D eigenvalue weighted by molar-refractivity contribution is 7.17. The average Bonchev–Trinajstić information content (AvgIpc) is 2.70. The van der Waals surface area contributed by atoms with Crippen molar-refractivity contribution >= 4 is 27.2 Å². The van der Waals surface area contributed by atoms with Gasteiger partial charge in [-0.1, -0.05) is 18.2 Å². The second kappa shape index (κ2) is 3.93. The summed E-state index contributed by atoms with van der Waals surface area (Å²) >= 11 is 1.70. The van der Waals surface area contributed by atoms with E-state index in [0.717, 1.165) is 24.8 Å². The van der Waals surface area contributed by atoms with Crippen molar-refractivity contribution < 1.29 is 4.79 Å². The number of benzene rings is 1. The number of Topliss-reactive ketones (excluding diaryl/α,β-unsaturated/α-hetero) is 1. The second-order valence-corrected chi connectivity index (χ2v) is 5.78. The van der Waals surface area contributed by atoms with E-state index in [1.165, 1.54) is 10.1 Å². The Morgan fingerprint density at radius 1 is 1.35 bits per heavy atom. The van der Waals surface area contributed by atoms with Crippen LogP contribution in [0.5, 0.6) is 0 Å². The van der Waals surface area contributed by atoms with E-state index in [-0.39, 0.29) is 5.78 Å². The molecule has 0 radical (unpaired) electrons. The van der Waals surface area contributed by atoms with E-state index in [2.05, 4.69) is 17.5 Å². The highest BCUT2D eigenvalue weighted by Crippen LogP contribution is 2.33. The predicted octanol–water partition coefficient (Wildman–Crippen LogP) is 2.89. The maximum absolute atomic E-state index is 12.1. The van der Waals surface area contributed by atoms with E-state index in [1.54, 1.807) is 11.3 Å². The number of hydrogen-bond acceptors (Lipinski definition) is 3. The number of hydrogen-bond donors (Lipinski definition) is 1. The van der Waals surface area contributed by atoms with Gasteiger partial charge in [-0.15, -0.1) is 11.3 Å². The summed E-state index contributed by atoms with van der Waals surface area (Å²) < 4.78 is 1.25. The standard InChI is InChI=1S/C14H15NOS/c15-14(6-3-7-14)13(16)8-10-9-17-12-5-2-1-4-11(10)12/h1-2,4-5,9H,3,6-8,15H2. The SMILES string of the molecule is NC1(C(=O)Cc2csc3ccccc23)CCC1. The summed E-state index contributed by atoms with van der Waals surface area (Å²) in [6, 6.07) is 8.22. The zero-order valence-corrected chi connectivity index (χ0v) is 10.4. The monoisotopic (exact) mass is 245 g/mol. The van der Waals surface area contributed by atoms with Crippen molar-refractivity contribution in [1.29, 1.82) is 0 Å². The van der Waals surface area contributed by atoms with Gasteiger partial charge in [0, 0.05) is 11.1 Å². The molecular weight excluding hydrogens is 230 g/mol. The minimum atomic E-state index is -0.525. The first-order valence-corrected chi connectivity index (χ1v) is 6.84. The molecule has 0 atom stereocenters. The molecular formula is C14H15NOS. The zero-order valence-electron chi connectivity index (χ0n) is 9.61. The number of rotatable bonds is 3. The van der Waals surface area contributed by atoms with Crippen LogP contribution in [0.25, 0.3) is 10.1 Å². The van der Waals surface area contributed by atoms with Crippen LogP contribution in [0.15, 0.2) is 29.6 Å². The molecule has 1 fully saturated rings. The Bertz CT molecular complexity index is 568. The lowest BCUT2D eigenvalue weighted by atomic mass is 9.73. The Morgan fingerprint density at radius 3 is 2.82 bits per heavy atom. The van der Waals surface area contributed by atoms with E-state index < -0.39 is 5.54 Å². The summed E-state index contributed by atoms with van der Waals surface area (Å²) in [5.74, 6) is 0.201. The number of ketones is 1. The van der Waals surface area contributed by atoms with Gasteiger partial charge in [0.15, 0.2) is 5.78 Å². The van der Waals surface area contributed by atoms with E-state index in [0.29, 0.717) is 6.42 Å². The second-order valence-electron chi connectivity index (χ2n) is 4.87. The van der Waals surface area contributed by atoms with Crippen LogP contribution in [0.2, 0.25) is 0 Å². The molecule has 1 aromatic carbocycles. The van der Waals surface area contributed by atoms with Gasteiger partial charge in [-0.3, -0.25) is 4.79 Å². The average molecular weight is 245 g/mol. The third-order valence-corrected chi connectivity index (χ3v) is 4.73. The first-order valence-electron chi connectivity index (χ1n) is 5.96. The highest BCUT2D eigenvalue weighted by atomic mass is 32.1. The molecule has 0 unspecified atom stereocenters. The Labute approximate surface area is 104 Å². The maximum Gasteiger partial charge on any atom is 0.157 e. The van der Waals surface area contributed by atoms with Gasteiger partial charge in [-0.2, -0.15) is 0 Å². The van der Waals surface area contributed by atoms with Gasteiger partial charge in [0.05, 0.1) is 5.54 Å². The molecule has 88 valence electrons. The van der Waals surface area contributed by atoms with Crippen LogP contribution in [-0.2, 0) is 11.2 Å². The van der Waals surface area contributed by atoms with Crippen LogP contribution in [-0.4, -0.2) is 11.3 Å². The van der Waals surface area contributed by atoms with Crippen LogP contribution in [0.3, 0.4) is 0 Å². The van der Waals surface area contributed by atoms with Gasteiger partial charge in [0.1, 0.15) is 0 Å². The van der Waals surface area contributed by atoms with E-state index in [4.69, 9.17) is 5.73 Å². The van der Waals surface area contributed by atoms with E-state index in [1.807, 2.05) is 12.1 Å². The van der Waals surface area contributed by atoms with E-state index >= 15 is 0 Å². The molecule has 0 spiro atoms. The fourth-order valence-electron chi connectivity index (χ4n) is 2.36. The molecule has 0 saturated heterocycles. The van der Waals surface area contributed by atoms with Crippen molar-refractivity contribution in [3.05, 3.63) is 35.2 Å². The molecule has 1 aliphatic rings. The van der Waals surface area contributed by atoms with Crippen LogP contribution in [0.4, 0.5) is 0 Å². The van der Waals surface area contributed by atoms with Crippen molar-refractivity contribution in [2.45, 2.75) is 31.2 Å². The summed E-state index contributed by atoms with van der Waals surface area (Å²) in [4.78, 5) is 12.1. The van der Waals surface area contributed by atoms with Crippen molar-refractivity contribution in [1.82, 2.24) is 0 Å². The smallest absolute Gasteiger partial charge is 0.157 e. The van der Waals surface area contributed by atoms with Crippen LogP contribution in [0, 0.1) is 0 Å². The number of nitrogens with two attached hydrogens (primary N) is 1. The van der Waals surface area contributed by atoms with Gasteiger partial charge in [0.25, 0.3) is 0 Å². The molecule has 0 bridgehead atoms. The minimum Gasteiger partial charge on any atom is -0.319 e. The van der Waals surface area contributed by atoms with Crippen LogP contribution < -0.4 is 5.73 Å². The van der Waals surface area contributed by atoms with E-state index in [9.17, 15) is 4.79 Å². The highest BCUT2D eigenvalue weighted by Gasteiger charge is 2.39. The van der Waals surface area contributed by atoms with Crippen molar-refractivity contribution in [2.24, 2.45) is 5.73 Å². The van der Waals surface area contributed by atoms with Crippen molar-refractivity contribution in [3.8, 4) is 0 Å². The summed E-state index contributed by atoms with van der Waals surface area (Å²) in [5.41, 5.74) is 6.67. The summed E-state index contributed by atoms with van der Waals surface area (Å²) in [5, 5.41) is 3.29. The maximum atomic E-state index is 12.1. The largest absolute Gasteiger partial charge is 0.319 e. The Morgan fingerprint density at radius 2 is 2.12 bits per heavy atom. The van der Waals surface area contributed by atoms with Gasteiger partial charge >= 0.3 is 0 Å². The molecule has 0 amide bonds. The van der Waals surface area contributed by atoms with Crippen molar-refractivity contribution in [3.63, 3.8) is 0 Å². The molecule has 2 N–H and O–H groups in total. The summed E-state index contributed by atoms with van der Waals surface area (Å²) in [7, 11) is 0. The summed E-state index contributed by atoms with van der Waals surface area (Å²) in [6.07, 6.45) is 3.29. The number of thiophene rings is 1. The first kappa shape index (κ1) is 10.9. The molecule has 2 aromatic rings. The molecule has 1 heterocycles.